The van der Waals surface area contributed by atoms with Gasteiger partial charge in [-0.15, -0.1) is 12.4 Å². The van der Waals surface area contributed by atoms with E-state index in [-0.39, 0.29) is 12.4 Å². The molecule has 0 saturated carbocycles. The first-order valence-electron chi connectivity index (χ1n) is 9.91. The van der Waals surface area contributed by atoms with Crippen molar-refractivity contribution in [1.29, 1.82) is 0 Å². The van der Waals surface area contributed by atoms with Crippen molar-refractivity contribution >= 4 is 18.1 Å². The molecule has 7 heteroatoms. The second-order valence-electron chi connectivity index (χ2n) is 7.34. The monoisotopic (exact) mass is 399 g/mol. The quantitative estimate of drug-likeness (QED) is 0.685. The summed E-state index contributed by atoms with van der Waals surface area (Å²) in [6.07, 6.45) is 3.65. The summed E-state index contributed by atoms with van der Waals surface area (Å²) < 4.78 is 5.48. The molecule has 2 aliphatic heterocycles. The number of piperazine rings is 1. The van der Waals surface area contributed by atoms with Gasteiger partial charge in [0.2, 0.25) is 0 Å². The first-order valence-corrected chi connectivity index (χ1v) is 9.91. The van der Waals surface area contributed by atoms with E-state index in [1.54, 1.807) is 7.11 Å². The summed E-state index contributed by atoms with van der Waals surface area (Å²) in [5.74, 6) is 0.944. The fourth-order valence-corrected chi connectivity index (χ4v) is 4.04. The van der Waals surface area contributed by atoms with Crippen molar-refractivity contribution in [2.24, 2.45) is 0 Å². The van der Waals surface area contributed by atoms with E-state index in [0.29, 0.717) is 0 Å². The Morgan fingerprint density at radius 3 is 2.26 bits per heavy atom. The molecule has 154 valence electrons. The van der Waals surface area contributed by atoms with Crippen LogP contribution in [0.3, 0.4) is 0 Å². The molecule has 0 spiro atoms. The Bertz CT molecular complexity index is 545. The molecule has 2 aliphatic rings. The maximum Gasteiger partial charge on any atom is 0.142 e. The van der Waals surface area contributed by atoms with Gasteiger partial charge in [0.25, 0.3) is 0 Å². The van der Waals surface area contributed by atoms with Crippen molar-refractivity contribution in [3.05, 3.63) is 24.3 Å². The minimum absolute atomic E-state index is 0. The number of nitrogens with zero attached hydrogens (tertiary/aromatic N) is 3. The van der Waals surface area contributed by atoms with Crippen LogP contribution < -0.4 is 9.64 Å². The number of halogens is 1. The van der Waals surface area contributed by atoms with Crippen molar-refractivity contribution in [3.63, 3.8) is 0 Å². The number of methoxy groups -OCH3 is 1. The van der Waals surface area contributed by atoms with Crippen LogP contribution in [0.4, 0.5) is 5.69 Å². The number of ether oxygens (including phenoxy) is 1. The van der Waals surface area contributed by atoms with Gasteiger partial charge in [-0.05, 0) is 50.8 Å². The summed E-state index contributed by atoms with van der Waals surface area (Å²) in [5.41, 5.74) is 1.18. The van der Waals surface area contributed by atoms with E-state index < -0.39 is 12.5 Å². The highest BCUT2D eigenvalue weighted by Gasteiger charge is 2.27. The number of anilines is 1. The normalized spacial score (nSPS) is 24.5. The molecule has 2 saturated heterocycles. The molecule has 0 radical (unpaired) electrons. The molecule has 3 rings (SSSR count). The lowest BCUT2D eigenvalue weighted by Crippen LogP contribution is -2.48. The fraction of sp³-hybridized carbons (Fsp3) is 0.700. The molecular formula is C20H34ClN3O3. The van der Waals surface area contributed by atoms with E-state index in [1.807, 2.05) is 17.0 Å². The standard InChI is InChI=1S/C20H33N3O3.ClH/c1-26-18-8-3-2-7-17(18)22-15-13-21(14-16-22)11-4-5-12-23-19(24)9-6-10-20(23)25;/h2-3,7-8,19-20,24-25H,4-6,9-16H2,1H3;1H. The highest BCUT2D eigenvalue weighted by atomic mass is 35.5. The Morgan fingerprint density at radius 1 is 0.963 bits per heavy atom. The molecule has 2 heterocycles. The molecule has 6 nitrogen and oxygen atoms in total. The number of hydrogen-bond acceptors (Lipinski definition) is 6. The number of aliphatic hydroxyl groups is 2. The van der Waals surface area contributed by atoms with E-state index in [9.17, 15) is 10.2 Å². The van der Waals surface area contributed by atoms with Gasteiger partial charge in [0.1, 0.15) is 18.2 Å². The topological polar surface area (TPSA) is 59.4 Å². The average Bonchev–Trinajstić information content (AvgIpc) is 2.67. The summed E-state index contributed by atoms with van der Waals surface area (Å²) in [6.45, 7) is 6.02. The number of unbranched alkanes of at least 4 members (excludes halogenated alkanes) is 1. The lowest BCUT2D eigenvalue weighted by Gasteiger charge is -2.37. The Morgan fingerprint density at radius 2 is 1.59 bits per heavy atom. The first kappa shape index (κ1) is 22.2. The van der Waals surface area contributed by atoms with Crippen molar-refractivity contribution in [2.45, 2.75) is 44.6 Å². The molecule has 2 N–H and O–H groups in total. The number of benzene rings is 1. The van der Waals surface area contributed by atoms with E-state index in [4.69, 9.17) is 4.74 Å². The smallest absolute Gasteiger partial charge is 0.142 e. The van der Waals surface area contributed by atoms with Gasteiger partial charge in [-0.25, -0.2) is 0 Å². The summed E-state index contributed by atoms with van der Waals surface area (Å²) in [4.78, 5) is 6.76. The minimum atomic E-state index is -0.469. The largest absolute Gasteiger partial charge is 0.495 e. The lowest BCUT2D eigenvalue weighted by molar-refractivity contribution is -0.130. The highest BCUT2D eigenvalue weighted by Crippen LogP contribution is 2.28. The van der Waals surface area contributed by atoms with Crippen LogP contribution in [0.15, 0.2) is 24.3 Å². The number of aliphatic hydroxyl groups excluding tert-OH is 2. The van der Waals surface area contributed by atoms with Crippen LogP contribution in [0, 0.1) is 0 Å². The SMILES string of the molecule is COc1ccccc1N1CCN(CCCCN2C(O)CCCC2O)CC1.Cl. The molecule has 0 aromatic heterocycles. The average molecular weight is 400 g/mol. The van der Waals surface area contributed by atoms with Crippen LogP contribution in [-0.2, 0) is 0 Å². The third kappa shape index (κ3) is 5.96. The van der Waals surface area contributed by atoms with E-state index in [2.05, 4.69) is 21.9 Å². The molecule has 1 aromatic rings. The first-order chi connectivity index (χ1) is 12.7. The molecular weight excluding hydrogens is 366 g/mol. The summed E-state index contributed by atoms with van der Waals surface area (Å²) in [6, 6.07) is 8.22. The number of para-hydroxylation sites is 2. The van der Waals surface area contributed by atoms with Crippen molar-refractivity contribution in [3.8, 4) is 5.75 Å². The maximum atomic E-state index is 10.0. The van der Waals surface area contributed by atoms with Gasteiger partial charge in [0, 0.05) is 32.7 Å². The zero-order chi connectivity index (χ0) is 18.4. The zero-order valence-electron chi connectivity index (χ0n) is 16.3. The van der Waals surface area contributed by atoms with Gasteiger partial charge in [0.05, 0.1) is 12.8 Å². The van der Waals surface area contributed by atoms with Gasteiger partial charge >= 0.3 is 0 Å². The third-order valence-corrected chi connectivity index (χ3v) is 5.63. The number of piperidine rings is 1. The predicted octanol–water partition coefficient (Wildman–Crippen LogP) is 2.14. The Balaban J connectivity index is 0.00000261. The van der Waals surface area contributed by atoms with Gasteiger partial charge in [0.15, 0.2) is 0 Å². The van der Waals surface area contributed by atoms with E-state index in [1.165, 1.54) is 5.69 Å². The summed E-state index contributed by atoms with van der Waals surface area (Å²) in [7, 11) is 1.73. The second-order valence-corrected chi connectivity index (χ2v) is 7.34. The highest BCUT2D eigenvalue weighted by molar-refractivity contribution is 5.85. The van der Waals surface area contributed by atoms with E-state index >= 15 is 0 Å². The Hall–Kier alpha value is -1.05. The van der Waals surface area contributed by atoms with Crippen molar-refractivity contribution in [2.75, 3.05) is 51.3 Å². The van der Waals surface area contributed by atoms with Gasteiger partial charge in [-0.3, -0.25) is 9.80 Å². The second kappa shape index (κ2) is 11.1. The number of hydrogen-bond donors (Lipinski definition) is 2. The van der Waals surface area contributed by atoms with Gasteiger partial charge in [-0.1, -0.05) is 12.1 Å². The molecule has 0 bridgehead atoms. The molecule has 0 aliphatic carbocycles. The van der Waals surface area contributed by atoms with Crippen LogP contribution in [0.25, 0.3) is 0 Å². The molecule has 1 aromatic carbocycles. The van der Waals surface area contributed by atoms with Crippen LogP contribution in [-0.4, -0.2) is 78.8 Å². The number of rotatable bonds is 7. The van der Waals surface area contributed by atoms with Crippen molar-refractivity contribution in [1.82, 2.24) is 9.80 Å². The predicted molar refractivity (Wildman–Crippen MR) is 111 cm³/mol. The molecule has 27 heavy (non-hydrogen) atoms. The third-order valence-electron chi connectivity index (χ3n) is 5.63. The van der Waals surface area contributed by atoms with Crippen LogP contribution in [0.5, 0.6) is 5.75 Å². The van der Waals surface area contributed by atoms with Crippen LogP contribution >= 0.6 is 12.4 Å². The van der Waals surface area contributed by atoms with Gasteiger partial charge in [-0.2, -0.15) is 0 Å². The molecule has 2 unspecified atom stereocenters. The minimum Gasteiger partial charge on any atom is -0.495 e. The van der Waals surface area contributed by atoms with Crippen molar-refractivity contribution < 1.29 is 14.9 Å². The van der Waals surface area contributed by atoms with Crippen LogP contribution in [0.1, 0.15) is 32.1 Å². The molecule has 2 atom stereocenters. The molecule has 0 amide bonds. The van der Waals surface area contributed by atoms with E-state index in [0.717, 1.165) is 77.1 Å². The lowest BCUT2D eigenvalue weighted by atomic mass is 10.1. The summed E-state index contributed by atoms with van der Waals surface area (Å²) in [5, 5.41) is 20.0. The zero-order valence-corrected chi connectivity index (χ0v) is 17.1. The fourth-order valence-electron chi connectivity index (χ4n) is 4.04. The molecule has 2 fully saturated rings. The van der Waals surface area contributed by atoms with Crippen LogP contribution in [0.2, 0.25) is 0 Å². The Labute approximate surface area is 169 Å². The maximum absolute atomic E-state index is 10.0. The number of likely N-dealkylation sites (tertiary alicyclic amines) is 1. The van der Waals surface area contributed by atoms with Gasteiger partial charge < -0.3 is 19.8 Å². The summed E-state index contributed by atoms with van der Waals surface area (Å²) >= 11 is 0. The Kier molecular flexibility index (Phi) is 9.12.